The van der Waals surface area contributed by atoms with Crippen LogP contribution in [0.15, 0.2) is 28.9 Å². The normalized spacial score (nSPS) is 10.3. The van der Waals surface area contributed by atoms with Crippen molar-refractivity contribution in [3.63, 3.8) is 0 Å². The van der Waals surface area contributed by atoms with Gasteiger partial charge in [-0.25, -0.2) is 0 Å². The van der Waals surface area contributed by atoms with E-state index in [1.54, 1.807) is 18.0 Å². The summed E-state index contributed by atoms with van der Waals surface area (Å²) in [4.78, 5) is 0. The third-order valence-corrected chi connectivity index (χ3v) is 3.15. The van der Waals surface area contributed by atoms with E-state index in [4.69, 9.17) is 16.0 Å². The molecular weight excluding hydrogens is 204 g/mol. The number of thioether (sulfide) groups is 1. The van der Waals surface area contributed by atoms with Gasteiger partial charge in [-0.1, -0.05) is 12.2 Å². The van der Waals surface area contributed by atoms with Crippen molar-refractivity contribution in [2.45, 2.75) is 12.7 Å². The largest absolute Gasteiger partial charge is 0.468 e. The van der Waals surface area contributed by atoms with Crippen molar-refractivity contribution in [2.24, 2.45) is 0 Å². The first-order chi connectivity index (χ1) is 6.24. The highest BCUT2D eigenvalue weighted by Crippen LogP contribution is 2.18. The van der Waals surface area contributed by atoms with Crippen LogP contribution in [-0.4, -0.2) is 11.6 Å². The highest BCUT2D eigenvalue weighted by atomic mass is 35.5. The molecule has 72 valence electrons. The average molecular weight is 217 g/mol. The Morgan fingerprint density at radius 1 is 1.69 bits per heavy atom. The standard InChI is InChI=1S/C10H13ClOS/c1-8(5-11)6-13-7-10-9(2)3-4-12-10/h3-4H,1,5-7H2,2H3. The molecule has 1 aromatic heterocycles. The minimum atomic E-state index is 0.546. The zero-order valence-electron chi connectivity index (χ0n) is 7.68. The van der Waals surface area contributed by atoms with E-state index in [1.807, 2.05) is 6.07 Å². The fourth-order valence-electron chi connectivity index (χ4n) is 0.879. The van der Waals surface area contributed by atoms with E-state index in [0.29, 0.717) is 5.88 Å². The van der Waals surface area contributed by atoms with Crippen LogP contribution in [0.1, 0.15) is 11.3 Å². The first-order valence-corrected chi connectivity index (χ1v) is 5.76. The SMILES string of the molecule is C=C(CCl)CSCc1occc1C. The molecule has 0 bridgehead atoms. The molecule has 0 N–H and O–H groups in total. The second-order valence-electron chi connectivity index (χ2n) is 2.90. The summed E-state index contributed by atoms with van der Waals surface area (Å²) in [6.45, 7) is 5.88. The van der Waals surface area contributed by atoms with Crippen molar-refractivity contribution >= 4 is 23.4 Å². The molecule has 1 nitrogen and oxygen atoms in total. The van der Waals surface area contributed by atoms with E-state index in [0.717, 1.165) is 22.8 Å². The molecule has 0 aliphatic carbocycles. The van der Waals surface area contributed by atoms with Crippen molar-refractivity contribution < 1.29 is 4.42 Å². The van der Waals surface area contributed by atoms with Crippen LogP contribution in [0.5, 0.6) is 0 Å². The summed E-state index contributed by atoms with van der Waals surface area (Å²) in [6, 6.07) is 1.98. The van der Waals surface area contributed by atoms with Gasteiger partial charge >= 0.3 is 0 Å². The Morgan fingerprint density at radius 3 is 3.00 bits per heavy atom. The summed E-state index contributed by atoms with van der Waals surface area (Å²) in [6.07, 6.45) is 1.72. The maximum absolute atomic E-state index is 5.61. The van der Waals surface area contributed by atoms with Crippen LogP contribution in [-0.2, 0) is 5.75 Å². The molecular formula is C10H13ClOS. The van der Waals surface area contributed by atoms with Gasteiger partial charge in [-0.3, -0.25) is 0 Å². The van der Waals surface area contributed by atoms with Gasteiger partial charge in [0, 0.05) is 11.6 Å². The van der Waals surface area contributed by atoms with Crippen molar-refractivity contribution in [3.8, 4) is 0 Å². The number of rotatable bonds is 5. The summed E-state index contributed by atoms with van der Waals surface area (Å²) >= 11 is 7.39. The van der Waals surface area contributed by atoms with Gasteiger partial charge in [0.05, 0.1) is 12.0 Å². The predicted octanol–water partition coefficient (Wildman–Crippen LogP) is 3.62. The predicted molar refractivity (Wildman–Crippen MR) is 59.5 cm³/mol. The van der Waals surface area contributed by atoms with E-state index in [9.17, 15) is 0 Å². The molecule has 0 saturated heterocycles. The van der Waals surface area contributed by atoms with E-state index >= 15 is 0 Å². The van der Waals surface area contributed by atoms with Crippen molar-refractivity contribution in [3.05, 3.63) is 35.8 Å². The number of hydrogen-bond donors (Lipinski definition) is 0. The van der Waals surface area contributed by atoms with Gasteiger partial charge in [0.15, 0.2) is 0 Å². The smallest absolute Gasteiger partial charge is 0.116 e. The van der Waals surface area contributed by atoms with Gasteiger partial charge in [0.1, 0.15) is 5.76 Å². The Labute approximate surface area is 88.2 Å². The fourth-order valence-corrected chi connectivity index (χ4v) is 2.06. The van der Waals surface area contributed by atoms with Crippen LogP contribution in [0.2, 0.25) is 0 Å². The molecule has 1 aromatic rings. The van der Waals surface area contributed by atoms with E-state index < -0.39 is 0 Å². The quantitative estimate of drug-likeness (QED) is 0.551. The molecule has 0 saturated carbocycles. The average Bonchev–Trinajstić information content (AvgIpc) is 2.52. The van der Waals surface area contributed by atoms with Crippen LogP contribution in [0.4, 0.5) is 0 Å². The second kappa shape index (κ2) is 5.40. The van der Waals surface area contributed by atoms with Gasteiger partial charge < -0.3 is 4.42 Å². The molecule has 3 heteroatoms. The maximum atomic E-state index is 5.61. The van der Waals surface area contributed by atoms with Gasteiger partial charge in [-0.15, -0.1) is 23.4 Å². The molecule has 0 aromatic carbocycles. The lowest BCUT2D eigenvalue weighted by atomic mass is 10.3. The molecule has 0 spiro atoms. The summed E-state index contributed by atoms with van der Waals surface area (Å²) in [7, 11) is 0. The minimum absolute atomic E-state index is 0.546. The van der Waals surface area contributed by atoms with E-state index in [1.165, 1.54) is 5.56 Å². The molecule has 1 rings (SSSR count). The first-order valence-electron chi connectivity index (χ1n) is 4.07. The maximum Gasteiger partial charge on any atom is 0.116 e. The zero-order valence-corrected chi connectivity index (χ0v) is 9.25. The molecule has 0 fully saturated rings. The van der Waals surface area contributed by atoms with E-state index in [2.05, 4.69) is 13.5 Å². The van der Waals surface area contributed by atoms with Gasteiger partial charge in [-0.2, -0.15) is 0 Å². The number of aryl methyl sites for hydroxylation is 1. The van der Waals surface area contributed by atoms with Crippen LogP contribution in [0.25, 0.3) is 0 Å². The molecule has 13 heavy (non-hydrogen) atoms. The minimum Gasteiger partial charge on any atom is -0.468 e. The monoisotopic (exact) mass is 216 g/mol. The summed E-state index contributed by atoms with van der Waals surface area (Å²) in [5, 5.41) is 0. The Bertz CT molecular complexity index is 280. The first kappa shape index (κ1) is 10.7. The fraction of sp³-hybridized carbons (Fsp3) is 0.400. The Balaban J connectivity index is 2.28. The van der Waals surface area contributed by atoms with Crippen molar-refractivity contribution in [1.82, 2.24) is 0 Å². The lowest BCUT2D eigenvalue weighted by Gasteiger charge is -2.00. The van der Waals surface area contributed by atoms with Crippen LogP contribution in [0.3, 0.4) is 0 Å². The molecule has 0 amide bonds. The summed E-state index contributed by atoms with van der Waals surface area (Å²) < 4.78 is 5.30. The number of alkyl halides is 1. The van der Waals surface area contributed by atoms with Gasteiger partial charge in [0.25, 0.3) is 0 Å². The second-order valence-corrected chi connectivity index (χ2v) is 4.16. The van der Waals surface area contributed by atoms with E-state index in [-0.39, 0.29) is 0 Å². The molecule has 0 unspecified atom stereocenters. The van der Waals surface area contributed by atoms with Crippen molar-refractivity contribution in [1.29, 1.82) is 0 Å². The topological polar surface area (TPSA) is 13.1 Å². The Morgan fingerprint density at radius 2 is 2.46 bits per heavy atom. The number of furan rings is 1. The van der Waals surface area contributed by atoms with Gasteiger partial charge in [0.2, 0.25) is 0 Å². The Kier molecular flexibility index (Phi) is 4.46. The highest BCUT2D eigenvalue weighted by Gasteiger charge is 2.01. The molecule has 0 aliphatic rings. The highest BCUT2D eigenvalue weighted by molar-refractivity contribution is 7.98. The number of halogens is 1. The van der Waals surface area contributed by atoms with Crippen LogP contribution in [0, 0.1) is 6.92 Å². The Hall–Kier alpha value is -0.340. The third-order valence-electron chi connectivity index (χ3n) is 1.70. The molecule has 0 aliphatic heterocycles. The molecule has 0 radical (unpaired) electrons. The lowest BCUT2D eigenvalue weighted by Crippen LogP contribution is -1.88. The molecule has 0 atom stereocenters. The number of hydrogen-bond acceptors (Lipinski definition) is 2. The summed E-state index contributed by atoms with van der Waals surface area (Å²) in [5.41, 5.74) is 2.28. The van der Waals surface area contributed by atoms with Crippen molar-refractivity contribution in [2.75, 3.05) is 11.6 Å². The van der Waals surface area contributed by atoms with Crippen LogP contribution < -0.4 is 0 Å². The zero-order chi connectivity index (χ0) is 9.68. The molecule has 1 heterocycles. The third kappa shape index (κ3) is 3.49. The summed E-state index contributed by atoms with van der Waals surface area (Å²) in [5.74, 6) is 3.40. The van der Waals surface area contributed by atoms with Gasteiger partial charge in [-0.05, 0) is 18.6 Å². The van der Waals surface area contributed by atoms with Crippen LogP contribution >= 0.6 is 23.4 Å². The lowest BCUT2D eigenvalue weighted by molar-refractivity contribution is 0.528.